The Balaban J connectivity index is 1.34. The smallest absolute Gasteiger partial charge is 0.130 e. The maximum atomic E-state index is 14.6. The van der Waals surface area contributed by atoms with Gasteiger partial charge in [0.05, 0.1) is 0 Å². The van der Waals surface area contributed by atoms with Crippen LogP contribution in [0, 0.1) is 11.6 Å². The second kappa shape index (κ2) is 10.9. The van der Waals surface area contributed by atoms with Crippen molar-refractivity contribution >= 4 is 12.2 Å². The molecule has 1 atom stereocenters. The molecule has 0 aliphatic rings. The van der Waals surface area contributed by atoms with Gasteiger partial charge in [-0.1, -0.05) is 97.9 Å². The van der Waals surface area contributed by atoms with Crippen molar-refractivity contribution in [3.05, 3.63) is 142 Å². The van der Waals surface area contributed by atoms with Crippen LogP contribution >= 0.6 is 0 Å². The quantitative estimate of drug-likeness (QED) is 0.243. The van der Waals surface area contributed by atoms with Crippen molar-refractivity contribution in [1.29, 1.82) is 0 Å². The second-order valence-electron chi connectivity index (χ2n) is 8.57. The summed E-state index contributed by atoms with van der Waals surface area (Å²) in [6.07, 6.45) is 6.23. The molecule has 0 aliphatic heterocycles. The van der Waals surface area contributed by atoms with E-state index in [4.69, 9.17) is 0 Å². The summed E-state index contributed by atoms with van der Waals surface area (Å²) in [5.74, 6) is -0.00302. The van der Waals surface area contributed by atoms with Gasteiger partial charge >= 0.3 is 0 Å². The fourth-order valence-electron chi connectivity index (χ4n) is 4.00. The minimum atomic E-state index is -0.239. The van der Waals surface area contributed by atoms with Crippen LogP contribution in [0.25, 0.3) is 12.2 Å². The van der Waals surface area contributed by atoms with Crippen LogP contribution in [-0.4, -0.2) is 0 Å². The average Bonchev–Trinajstić information content (AvgIpc) is 2.84. The van der Waals surface area contributed by atoms with E-state index < -0.39 is 0 Å². The zero-order chi connectivity index (χ0) is 23.0. The van der Waals surface area contributed by atoms with Crippen molar-refractivity contribution in [2.45, 2.75) is 32.1 Å². The lowest BCUT2D eigenvalue weighted by Gasteiger charge is -2.12. The number of hydrogen-bond donors (Lipinski definition) is 0. The molecule has 2 heteroatoms. The van der Waals surface area contributed by atoms with Gasteiger partial charge in [-0.15, -0.1) is 0 Å². The first-order chi connectivity index (χ1) is 16.1. The SMILES string of the molecule is CC(Cc1ccc(/C=C/c2ccc(CCc3ccc(F)cc3)cc2F)cc1)c1ccccc1. The van der Waals surface area contributed by atoms with Crippen molar-refractivity contribution in [2.75, 3.05) is 0 Å². The molecule has 0 heterocycles. The van der Waals surface area contributed by atoms with Crippen molar-refractivity contribution in [1.82, 2.24) is 0 Å². The molecule has 0 fully saturated rings. The fourth-order valence-corrected chi connectivity index (χ4v) is 4.00. The normalized spacial score (nSPS) is 12.2. The van der Waals surface area contributed by atoms with Crippen LogP contribution in [-0.2, 0) is 19.3 Å². The first kappa shape index (κ1) is 22.7. The Morgan fingerprint density at radius 1 is 0.667 bits per heavy atom. The number of halogens is 2. The van der Waals surface area contributed by atoms with E-state index in [1.54, 1.807) is 18.2 Å². The lowest BCUT2D eigenvalue weighted by Crippen LogP contribution is -1.98. The van der Waals surface area contributed by atoms with E-state index in [1.807, 2.05) is 30.4 Å². The lowest BCUT2D eigenvalue weighted by atomic mass is 9.93. The average molecular weight is 439 g/mol. The molecule has 0 aliphatic carbocycles. The van der Waals surface area contributed by atoms with E-state index >= 15 is 0 Å². The van der Waals surface area contributed by atoms with Gasteiger partial charge in [0.1, 0.15) is 11.6 Å². The van der Waals surface area contributed by atoms with Crippen molar-refractivity contribution in [3.8, 4) is 0 Å². The molecule has 0 N–H and O–H groups in total. The molecule has 0 aromatic heterocycles. The van der Waals surface area contributed by atoms with Crippen molar-refractivity contribution in [2.24, 2.45) is 0 Å². The Morgan fingerprint density at radius 2 is 1.30 bits per heavy atom. The topological polar surface area (TPSA) is 0 Å². The Bertz CT molecular complexity index is 1190. The highest BCUT2D eigenvalue weighted by molar-refractivity contribution is 5.70. The van der Waals surface area contributed by atoms with Crippen molar-refractivity contribution < 1.29 is 8.78 Å². The van der Waals surface area contributed by atoms with Gasteiger partial charge in [-0.05, 0) is 71.2 Å². The third kappa shape index (κ3) is 6.49. The zero-order valence-corrected chi connectivity index (χ0v) is 18.8. The lowest BCUT2D eigenvalue weighted by molar-refractivity contribution is 0.622. The monoisotopic (exact) mass is 438 g/mol. The minimum absolute atomic E-state index is 0.226. The maximum absolute atomic E-state index is 14.6. The van der Waals surface area contributed by atoms with E-state index in [-0.39, 0.29) is 11.6 Å². The zero-order valence-electron chi connectivity index (χ0n) is 18.8. The second-order valence-corrected chi connectivity index (χ2v) is 8.57. The molecule has 166 valence electrons. The van der Waals surface area contributed by atoms with Gasteiger partial charge in [-0.2, -0.15) is 0 Å². The molecular formula is C31H28F2. The van der Waals surface area contributed by atoms with Gasteiger partial charge in [-0.25, -0.2) is 8.78 Å². The Labute approximate surface area is 195 Å². The first-order valence-electron chi connectivity index (χ1n) is 11.4. The summed E-state index contributed by atoms with van der Waals surface area (Å²) in [5.41, 5.74) is 6.24. The predicted octanol–water partition coefficient (Wildman–Crippen LogP) is 8.27. The molecule has 0 radical (unpaired) electrons. The molecule has 33 heavy (non-hydrogen) atoms. The minimum Gasteiger partial charge on any atom is -0.207 e. The van der Waals surface area contributed by atoms with Crippen LogP contribution in [0.5, 0.6) is 0 Å². The van der Waals surface area contributed by atoms with Crippen LogP contribution in [0.2, 0.25) is 0 Å². The van der Waals surface area contributed by atoms with E-state index in [9.17, 15) is 8.78 Å². The summed E-state index contributed by atoms with van der Waals surface area (Å²) in [4.78, 5) is 0. The molecule has 4 aromatic carbocycles. The number of aryl methyl sites for hydroxylation is 2. The Kier molecular flexibility index (Phi) is 7.47. The van der Waals surface area contributed by atoms with Crippen molar-refractivity contribution in [3.63, 3.8) is 0 Å². The third-order valence-corrected chi connectivity index (χ3v) is 6.03. The summed E-state index contributed by atoms with van der Waals surface area (Å²) >= 11 is 0. The van der Waals surface area contributed by atoms with Gasteiger partial charge in [0.2, 0.25) is 0 Å². The highest BCUT2D eigenvalue weighted by atomic mass is 19.1. The summed E-state index contributed by atoms with van der Waals surface area (Å²) in [7, 11) is 0. The van der Waals surface area contributed by atoms with Crippen LogP contribution in [0.3, 0.4) is 0 Å². The van der Waals surface area contributed by atoms with E-state index in [0.717, 1.165) is 36.0 Å². The Hall–Kier alpha value is -3.52. The maximum Gasteiger partial charge on any atom is 0.130 e. The van der Waals surface area contributed by atoms with E-state index in [2.05, 4.69) is 55.5 Å². The van der Waals surface area contributed by atoms with Gasteiger partial charge in [-0.3, -0.25) is 0 Å². The van der Waals surface area contributed by atoms with Crippen LogP contribution in [0.1, 0.15) is 46.2 Å². The van der Waals surface area contributed by atoms with Gasteiger partial charge in [0, 0.05) is 5.56 Å². The fraction of sp³-hybridized carbons (Fsp3) is 0.161. The molecule has 4 rings (SSSR count). The standard InChI is InChI=1S/C31H28F2/c1-23(28-5-3-2-4-6-28)21-26-10-7-24(8-11-26)13-17-29-18-14-27(22-31(29)33)12-9-25-15-19-30(32)20-16-25/h2-8,10-11,13-20,22-23H,9,12,21H2,1H3/b17-13+. The highest BCUT2D eigenvalue weighted by Gasteiger charge is 2.06. The Morgan fingerprint density at radius 3 is 2.00 bits per heavy atom. The van der Waals surface area contributed by atoms with E-state index in [1.165, 1.54) is 23.3 Å². The molecule has 4 aromatic rings. The molecule has 0 spiro atoms. The van der Waals surface area contributed by atoms with Crippen LogP contribution < -0.4 is 0 Å². The number of benzene rings is 4. The molecule has 1 unspecified atom stereocenters. The van der Waals surface area contributed by atoms with Crippen LogP contribution in [0.15, 0.2) is 97.1 Å². The van der Waals surface area contributed by atoms with Gasteiger partial charge in [0.25, 0.3) is 0 Å². The molecule has 0 nitrogen and oxygen atoms in total. The molecule has 0 saturated carbocycles. The van der Waals surface area contributed by atoms with Gasteiger partial charge in [0.15, 0.2) is 0 Å². The number of hydrogen-bond acceptors (Lipinski definition) is 0. The summed E-state index contributed by atoms with van der Waals surface area (Å²) in [5, 5.41) is 0. The largest absolute Gasteiger partial charge is 0.207 e. The number of rotatable bonds is 8. The molecule has 0 amide bonds. The third-order valence-electron chi connectivity index (χ3n) is 6.03. The summed E-state index contributed by atoms with van der Waals surface area (Å²) < 4.78 is 27.6. The van der Waals surface area contributed by atoms with Crippen LogP contribution in [0.4, 0.5) is 8.78 Å². The highest BCUT2D eigenvalue weighted by Crippen LogP contribution is 2.21. The molecular weight excluding hydrogens is 410 g/mol. The van der Waals surface area contributed by atoms with Gasteiger partial charge < -0.3 is 0 Å². The summed E-state index contributed by atoms with van der Waals surface area (Å²) in [6, 6.07) is 30.8. The molecule has 0 saturated heterocycles. The summed E-state index contributed by atoms with van der Waals surface area (Å²) in [6.45, 7) is 2.25. The first-order valence-corrected chi connectivity index (χ1v) is 11.4. The van der Waals surface area contributed by atoms with E-state index in [0.29, 0.717) is 11.5 Å². The predicted molar refractivity (Wildman–Crippen MR) is 134 cm³/mol. The molecule has 0 bridgehead atoms.